The summed E-state index contributed by atoms with van der Waals surface area (Å²) in [5.41, 5.74) is 1.47. The van der Waals surface area contributed by atoms with Crippen molar-refractivity contribution < 1.29 is 19.1 Å². The third kappa shape index (κ3) is 4.74. The van der Waals surface area contributed by atoms with Gasteiger partial charge >= 0.3 is 5.97 Å². The van der Waals surface area contributed by atoms with Gasteiger partial charge in [-0.1, -0.05) is 42.5 Å². The Labute approximate surface area is 129 Å². The summed E-state index contributed by atoms with van der Waals surface area (Å²) in [4.78, 5) is 23.3. The summed E-state index contributed by atoms with van der Waals surface area (Å²) in [6.45, 7) is 2.14. The Kier molecular flexibility index (Phi) is 5.72. The lowest BCUT2D eigenvalue weighted by Crippen LogP contribution is -2.11. The Balaban J connectivity index is 1.86. The average Bonchev–Trinajstić information content (AvgIpc) is 2.55. The highest BCUT2D eigenvalue weighted by molar-refractivity contribution is 5.97. The summed E-state index contributed by atoms with van der Waals surface area (Å²) in [6.07, 6.45) is 0.233. The second-order valence-electron chi connectivity index (χ2n) is 4.70. The van der Waals surface area contributed by atoms with E-state index in [1.54, 1.807) is 43.3 Å². The molecule has 0 radical (unpaired) electrons. The van der Waals surface area contributed by atoms with Crippen LogP contribution in [0.2, 0.25) is 0 Å². The van der Waals surface area contributed by atoms with Crippen molar-refractivity contribution in [2.45, 2.75) is 13.3 Å². The summed E-state index contributed by atoms with van der Waals surface area (Å²) in [7, 11) is 0. The normalized spacial score (nSPS) is 10.0. The molecular weight excluding hydrogens is 280 g/mol. The smallest absolute Gasteiger partial charge is 0.310 e. The van der Waals surface area contributed by atoms with Crippen molar-refractivity contribution in [2.24, 2.45) is 0 Å². The zero-order valence-electron chi connectivity index (χ0n) is 12.5. The molecule has 0 aliphatic rings. The van der Waals surface area contributed by atoms with Gasteiger partial charge in [0, 0.05) is 5.56 Å². The molecule has 0 atom stereocenters. The number of Topliss-reactive ketones (excluding diaryl/α,β-unsaturated/α-hetero) is 1. The van der Waals surface area contributed by atoms with Crippen LogP contribution >= 0.6 is 0 Å². The van der Waals surface area contributed by atoms with Gasteiger partial charge in [-0.15, -0.1) is 0 Å². The van der Waals surface area contributed by atoms with Crippen molar-refractivity contribution in [1.29, 1.82) is 0 Å². The van der Waals surface area contributed by atoms with Crippen LogP contribution in [-0.4, -0.2) is 25.0 Å². The van der Waals surface area contributed by atoms with Crippen molar-refractivity contribution in [3.8, 4) is 5.75 Å². The number of carbonyl (C=O) groups is 2. The SMILES string of the molecule is CCOC(=O)Cc1ccc(OCC(=O)c2ccccc2)cc1. The Bertz CT molecular complexity index is 617. The molecule has 0 aliphatic carbocycles. The number of rotatable bonds is 7. The maximum Gasteiger partial charge on any atom is 0.310 e. The number of carbonyl (C=O) groups excluding carboxylic acids is 2. The van der Waals surface area contributed by atoms with Crippen molar-refractivity contribution in [3.05, 3.63) is 65.7 Å². The molecule has 0 saturated carbocycles. The van der Waals surface area contributed by atoms with Crippen molar-refractivity contribution in [3.63, 3.8) is 0 Å². The maximum absolute atomic E-state index is 11.9. The van der Waals surface area contributed by atoms with E-state index in [0.29, 0.717) is 17.9 Å². The fourth-order valence-corrected chi connectivity index (χ4v) is 1.94. The van der Waals surface area contributed by atoms with E-state index >= 15 is 0 Å². The zero-order valence-corrected chi connectivity index (χ0v) is 12.5. The highest BCUT2D eigenvalue weighted by Crippen LogP contribution is 2.13. The molecular formula is C18H18O4. The van der Waals surface area contributed by atoms with Crippen LogP contribution in [0.5, 0.6) is 5.75 Å². The summed E-state index contributed by atoms with van der Waals surface area (Å²) < 4.78 is 10.4. The molecule has 0 fully saturated rings. The number of esters is 1. The first-order chi connectivity index (χ1) is 10.7. The minimum absolute atomic E-state index is 0.0127. The van der Waals surface area contributed by atoms with Crippen LogP contribution in [0.25, 0.3) is 0 Å². The molecule has 0 bridgehead atoms. The van der Waals surface area contributed by atoms with Crippen LogP contribution < -0.4 is 4.74 Å². The third-order valence-corrected chi connectivity index (χ3v) is 3.04. The lowest BCUT2D eigenvalue weighted by Gasteiger charge is -2.07. The molecule has 22 heavy (non-hydrogen) atoms. The van der Waals surface area contributed by atoms with Gasteiger partial charge < -0.3 is 9.47 Å². The second-order valence-corrected chi connectivity index (χ2v) is 4.70. The van der Waals surface area contributed by atoms with E-state index in [4.69, 9.17) is 9.47 Å². The van der Waals surface area contributed by atoms with Crippen LogP contribution in [0.3, 0.4) is 0 Å². The summed E-state index contributed by atoms with van der Waals surface area (Å²) in [5.74, 6) is 0.267. The Morgan fingerprint density at radius 3 is 2.27 bits per heavy atom. The van der Waals surface area contributed by atoms with Gasteiger partial charge in [0.1, 0.15) is 5.75 Å². The second kappa shape index (κ2) is 7.98. The van der Waals surface area contributed by atoms with E-state index < -0.39 is 0 Å². The molecule has 2 aromatic rings. The van der Waals surface area contributed by atoms with Gasteiger partial charge in [-0.25, -0.2) is 0 Å². The highest BCUT2D eigenvalue weighted by Gasteiger charge is 2.07. The summed E-state index contributed by atoms with van der Waals surface area (Å²) in [5, 5.41) is 0. The van der Waals surface area contributed by atoms with Crippen LogP contribution in [0, 0.1) is 0 Å². The number of benzene rings is 2. The third-order valence-electron chi connectivity index (χ3n) is 3.04. The van der Waals surface area contributed by atoms with Gasteiger partial charge in [-0.3, -0.25) is 9.59 Å². The maximum atomic E-state index is 11.9. The first-order valence-electron chi connectivity index (χ1n) is 7.14. The zero-order chi connectivity index (χ0) is 15.8. The standard InChI is InChI=1S/C18H18O4/c1-2-21-18(20)12-14-8-10-16(11-9-14)22-13-17(19)15-6-4-3-5-7-15/h3-11H,2,12-13H2,1H3. The predicted molar refractivity (Wildman–Crippen MR) is 83.0 cm³/mol. The number of hydrogen-bond donors (Lipinski definition) is 0. The molecule has 0 amide bonds. The van der Waals surface area contributed by atoms with Crippen molar-refractivity contribution in [2.75, 3.05) is 13.2 Å². The fraction of sp³-hybridized carbons (Fsp3) is 0.222. The predicted octanol–water partition coefficient (Wildman–Crippen LogP) is 3.05. The number of ether oxygens (including phenoxy) is 2. The van der Waals surface area contributed by atoms with Gasteiger partial charge in [0.25, 0.3) is 0 Å². The molecule has 4 heteroatoms. The van der Waals surface area contributed by atoms with E-state index in [1.165, 1.54) is 0 Å². The van der Waals surface area contributed by atoms with Crippen LogP contribution in [0.1, 0.15) is 22.8 Å². The Hall–Kier alpha value is -2.62. The molecule has 2 rings (SSSR count). The van der Waals surface area contributed by atoms with Gasteiger partial charge in [-0.2, -0.15) is 0 Å². The lowest BCUT2D eigenvalue weighted by atomic mass is 10.1. The van der Waals surface area contributed by atoms with Gasteiger partial charge in [0.15, 0.2) is 12.4 Å². The van der Waals surface area contributed by atoms with Crippen molar-refractivity contribution in [1.82, 2.24) is 0 Å². The molecule has 0 aliphatic heterocycles. The first-order valence-corrected chi connectivity index (χ1v) is 7.14. The Morgan fingerprint density at radius 1 is 0.955 bits per heavy atom. The molecule has 114 valence electrons. The monoisotopic (exact) mass is 298 g/mol. The molecule has 0 aromatic heterocycles. The fourth-order valence-electron chi connectivity index (χ4n) is 1.94. The lowest BCUT2D eigenvalue weighted by molar-refractivity contribution is -0.142. The molecule has 0 spiro atoms. The molecule has 0 N–H and O–H groups in total. The van der Waals surface area contributed by atoms with Crippen molar-refractivity contribution >= 4 is 11.8 Å². The molecule has 4 nitrogen and oxygen atoms in total. The molecule has 0 saturated heterocycles. The summed E-state index contributed by atoms with van der Waals surface area (Å²) >= 11 is 0. The molecule has 2 aromatic carbocycles. The van der Waals surface area contributed by atoms with Crippen LogP contribution in [-0.2, 0) is 16.0 Å². The quantitative estimate of drug-likeness (QED) is 0.582. The topological polar surface area (TPSA) is 52.6 Å². The number of ketones is 1. The van der Waals surface area contributed by atoms with Gasteiger partial charge in [-0.05, 0) is 24.6 Å². The van der Waals surface area contributed by atoms with E-state index in [2.05, 4.69) is 0 Å². The van der Waals surface area contributed by atoms with E-state index in [-0.39, 0.29) is 24.8 Å². The largest absolute Gasteiger partial charge is 0.485 e. The summed E-state index contributed by atoms with van der Waals surface area (Å²) in [6, 6.07) is 16.1. The minimum Gasteiger partial charge on any atom is -0.485 e. The van der Waals surface area contributed by atoms with E-state index in [9.17, 15) is 9.59 Å². The average molecular weight is 298 g/mol. The minimum atomic E-state index is -0.254. The van der Waals surface area contributed by atoms with Crippen LogP contribution in [0.15, 0.2) is 54.6 Å². The Morgan fingerprint density at radius 2 is 1.64 bits per heavy atom. The van der Waals surface area contributed by atoms with Crippen LogP contribution in [0.4, 0.5) is 0 Å². The number of hydrogen-bond acceptors (Lipinski definition) is 4. The first kappa shape index (κ1) is 15.8. The highest BCUT2D eigenvalue weighted by atomic mass is 16.5. The van der Waals surface area contributed by atoms with E-state index in [0.717, 1.165) is 5.56 Å². The van der Waals surface area contributed by atoms with Gasteiger partial charge in [0.2, 0.25) is 0 Å². The van der Waals surface area contributed by atoms with E-state index in [1.807, 2.05) is 18.2 Å². The molecule has 0 heterocycles. The molecule has 0 unspecified atom stereocenters. The van der Waals surface area contributed by atoms with Gasteiger partial charge in [0.05, 0.1) is 13.0 Å².